The normalized spacial score (nSPS) is 14.7. The topological polar surface area (TPSA) is 109 Å². The van der Waals surface area contributed by atoms with Crippen LogP contribution in [0.5, 0.6) is 0 Å². The summed E-state index contributed by atoms with van der Waals surface area (Å²) in [5.41, 5.74) is 2.63. The highest BCUT2D eigenvalue weighted by molar-refractivity contribution is 5.96. The SMILES string of the molecule is C=CCn1c(=O)c2cnc(Nc3cc(N4CCN(C(C)C)CC4)c4ccn(C)c4c3)nc2n1-c1cccc(C(C)(C)O)n1. The van der Waals surface area contributed by atoms with Gasteiger partial charge in [0.15, 0.2) is 11.5 Å². The molecule has 0 radical (unpaired) electrons. The molecule has 5 heterocycles. The van der Waals surface area contributed by atoms with E-state index in [4.69, 9.17) is 4.98 Å². The van der Waals surface area contributed by atoms with Crippen LogP contribution < -0.4 is 15.8 Å². The van der Waals surface area contributed by atoms with Crippen molar-refractivity contribution in [3.05, 3.63) is 77.5 Å². The van der Waals surface area contributed by atoms with Crippen LogP contribution in [-0.4, -0.2) is 71.1 Å². The summed E-state index contributed by atoms with van der Waals surface area (Å²) in [5.74, 6) is 0.825. The van der Waals surface area contributed by atoms with Gasteiger partial charge in [0, 0.05) is 68.4 Å². The zero-order valence-electron chi connectivity index (χ0n) is 25.4. The number of benzene rings is 1. The van der Waals surface area contributed by atoms with E-state index in [1.54, 1.807) is 42.9 Å². The molecule has 1 aromatic carbocycles. The number of anilines is 3. The summed E-state index contributed by atoms with van der Waals surface area (Å²) >= 11 is 0. The van der Waals surface area contributed by atoms with E-state index < -0.39 is 5.60 Å². The lowest BCUT2D eigenvalue weighted by Gasteiger charge is -2.38. The maximum atomic E-state index is 13.4. The molecule has 0 amide bonds. The summed E-state index contributed by atoms with van der Waals surface area (Å²) in [6.07, 6.45) is 5.29. The van der Waals surface area contributed by atoms with Gasteiger partial charge < -0.3 is 19.9 Å². The standard InChI is InChI=1S/C32H39N9O2/c1-7-12-40-30(42)24-20-33-31(36-29(24)41(40)28-10-8-9-27(35-28)32(4,5)43)34-22-18-25-23(11-13-37(25)6)26(19-22)39-16-14-38(15-17-39)21(2)3/h7-11,13,18-21,43H,1,12,14-17H2,2-6H3,(H,33,34,36). The number of rotatable bonds is 8. The molecule has 11 heteroatoms. The van der Waals surface area contributed by atoms with Crippen molar-refractivity contribution in [2.24, 2.45) is 7.05 Å². The van der Waals surface area contributed by atoms with E-state index in [-0.39, 0.29) is 12.1 Å². The smallest absolute Gasteiger partial charge is 0.278 e. The molecule has 0 bridgehead atoms. The van der Waals surface area contributed by atoms with Crippen molar-refractivity contribution in [2.45, 2.75) is 45.9 Å². The average Bonchev–Trinajstić information content (AvgIpc) is 3.49. The molecule has 5 aromatic rings. The number of nitrogens with zero attached hydrogens (tertiary/aromatic N) is 8. The Morgan fingerprint density at radius 2 is 1.86 bits per heavy atom. The van der Waals surface area contributed by atoms with E-state index in [9.17, 15) is 9.90 Å². The molecule has 1 aliphatic heterocycles. The van der Waals surface area contributed by atoms with Gasteiger partial charge in [-0.25, -0.2) is 19.3 Å². The highest BCUT2D eigenvalue weighted by Crippen LogP contribution is 2.33. The summed E-state index contributed by atoms with van der Waals surface area (Å²) in [4.78, 5) is 32.4. The Balaban J connectivity index is 1.42. The second-order valence-corrected chi connectivity index (χ2v) is 12.0. The summed E-state index contributed by atoms with van der Waals surface area (Å²) in [6.45, 7) is 15.9. The third-order valence-corrected chi connectivity index (χ3v) is 8.18. The quantitative estimate of drug-likeness (QED) is 0.263. The van der Waals surface area contributed by atoms with Gasteiger partial charge in [-0.05, 0) is 58.0 Å². The highest BCUT2D eigenvalue weighted by Gasteiger charge is 2.23. The van der Waals surface area contributed by atoms with Crippen molar-refractivity contribution >= 4 is 39.3 Å². The van der Waals surface area contributed by atoms with Crippen molar-refractivity contribution in [3.63, 3.8) is 0 Å². The van der Waals surface area contributed by atoms with Crippen molar-refractivity contribution in [1.29, 1.82) is 0 Å². The second kappa shape index (κ2) is 11.0. The van der Waals surface area contributed by atoms with Crippen LogP contribution in [0.4, 0.5) is 17.3 Å². The zero-order valence-corrected chi connectivity index (χ0v) is 25.4. The minimum absolute atomic E-state index is 0.245. The van der Waals surface area contributed by atoms with Gasteiger partial charge in [0.2, 0.25) is 5.95 Å². The van der Waals surface area contributed by atoms with Crippen LogP contribution in [0.25, 0.3) is 27.8 Å². The molecule has 0 saturated carbocycles. The van der Waals surface area contributed by atoms with Crippen molar-refractivity contribution < 1.29 is 5.11 Å². The predicted octanol–water partition coefficient (Wildman–Crippen LogP) is 4.16. The van der Waals surface area contributed by atoms with Crippen LogP contribution in [0.15, 0.2) is 66.2 Å². The molecule has 0 spiro atoms. The van der Waals surface area contributed by atoms with Gasteiger partial charge in [0.25, 0.3) is 5.56 Å². The first-order chi connectivity index (χ1) is 20.5. The molecule has 0 unspecified atom stereocenters. The van der Waals surface area contributed by atoms with Crippen LogP contribution in [0.2, 0.25) is 0 Å². The van der Waals surface area contributed by atoms with Gasteiger partial charge in [0.05, 0.1) is 17.8 Å². The third kappa shape index (κ3) is 5.30. The Kier molecular flexibility index (Phi) is 7.31. The number of nitrogens with one attached hydrogen (secondary N) is 1. The molecule has 224 valence electrons. The number of aryl methyl sites for hydroxylation is 1. The molecule has 6 rings (SSSR count). The number of allylic oxidation sites excluding steroid dienone is 1. The number of aromatic nitrogens is 6. The van der Waals surface area contributed by atoms with E-state index in [2.05, 4.69) is 74.5 Å². The lowest BCUT2D eigenvalue weighted by molar-refractivity contribution is 0.0738. The maximum Gasteiger partial charge on any atom is 0.278 e. The molecule has 43 heavy (non-hydrogen) atoms. The van der Waals surface area contributed by atoms with E-state index in [0.29, 0.717) is 34.5 Å². The van der Waals surface area contributed by atoms with E-state index in [1.807, 2.05) is 13.1 Å². The predicted molar refractivity (Wildman–Crippen MR) is 171 cm³/mol. The monoisotopic (exact) mass is 581 g/mol. The minimum Gasteiger partial charge on any atom is -0.384 e. The number of fused-ring (bicyclic) bond motifs is 2. The fourth-order valence-corrected chi connectivity index (χ4v) is 5.78. The lowest BCUT2D eigenvalue weighted by atomic mass is 10.1. The summed E-state index contributed by atoms with van der Waals surface area (Å²) in [5, 5.41) is 15.6. The zero-order chi connectivity index (χ0) is 30.5. The lowest BCUT2D eigenvalue weighted by Crippen LogP contribution is -2.48. The Morgan fingerprint density at radius 1 is 1.09 bits per heavy atom. The Labute approximate surface area is 250 Å². The van der Waals surface area contributed by atoms with Crippen LogP contribution >= 0.6 is 0 Å². The van der Waals surface area contributed by atoms with Gasteiger partial charge >= 0.3 is 0 Å². The summed E-state index contributed by atoms with van der Waals surface area (Å²) in [6, 6.07) is 12.3. The van der Waals surface area contributed by atoms with Gasteiger partial charge in [-0.15, -0.1) is 6.58 Å². The Morgan fingerprint density at radius 3 is 2.56 bits per heavy atom. The molecule has 1 saturated heterocycles. The molecular weight excluding hydrogens is 542 g/mol. The van der Waals surface area contributed by atoms with Crippen molar-refractivity contribution in [3.8, 4) is 5.82 Å². The highest BCUT2D eigenvalue weighted by atomic mass is 16.3. The van der Waals surface area contributed by atoms with Crippen LogP contribution in [0.3, 0.4) is 0 Å². The fourth-order valence-electron chi connectivity index (χ4n) is 5.78. The fraction of sp³-hybridized carbons (Fsp3) is 0.375. The average molecular weight is 582 g/mol. The largest absolute Gasteiger partial charge is 0.384 e. The third-order valence-electron chi connectivity index (χ3n) is 8.18. The minimum atomic E-state index is -1.15. The van der Waals surface area contributed by atoms with E-state index in [0.717, 1.165) is 37.4 Å². The Bertz CT molecular complexity index is 1870. The number of pyridine rings is 1. The summed E-state index contributed by atoms with van der Waals surface area (Å²) < 4.78 is 5.31. The summed E-state index contributed by atoms with van der Waals surface area (Å²) in [7, 11) is 2.05. The molecular formula is C32H39N9O2. The first-order valence-corrected chi connectivity index (χ1v) is 14.7. The molecule has 4 aromatic heterocycles. The first-order valence-electron chi connectivity index (χ1n) is 14.7. The number of hydrogen-bond donors (Lipinski definition) is 2. The van der Waals surface area contributed by atoms with Crippen LogP contribution in [0, 0.1) is 0 Å². The second-order valence-electron chi connectivity index (χ2n) is 12.0. The molecule has 1 fully saturated rings. The molecule has 11 nitrogen and oxygen atoms in total. The number of hydrogen-bond acceptors (Lipinski definition) is 8. The van der Waals surface area contributed by atoms with E-state index in [1.165, 1.54) is 15.8 Å². The first kappa shape index (κ1) is 28.6. The van der Waals surface area contributed by atoms with Gasteiger partial charge in [-0.2, -0.15) is 4.98 Å². The van der Waals surface area contributed by atoms with E-state index >= 15 is 0 Å². The van der Waals surface area contributed by atoms with Gasteiger partial charge in [-0.3, -0.25) is 9.69 Å². The Hall–Kier alpha value is -4.48. The van der Waals surface area contributed by atoms with Crippen molar-refractivity contribution in [1.82, 2.24) is 33.8 Å². The number of piperazine rings is 1. The van der Waals surface area contributed by atoms with Crippen molar-refractivity contribution in [2.75, 3.05) is 36.4 Å². The molecule has 1 aliphatic rings. The molecule has 0 atom stereocenters. The van der Waals surface area contributed by atoms with Gasteiger partial charge in [0.1, 0.15) is 11.0 Å². The number of aliphatic hydroxyl groups is 1. The molecule has 0 aliphatic carbocycles. The maximum absolute atomic E-state index is 13.4. The van der Waals surface area contributed by atoms with Gasteiger partial charge in [-0.1, -0.05) is 12.1 Å². The van der Waals surface area contributed by atoms with Crippen LogP contribution in [-0.2, 0) is 19.2 Å². The van der Waals surface area contributed by atoms with Crippen LogP contribution in [0.1, 0.15) is 33.4 Å². The molecule has 2 N–H and O–H groups in total.